The average Bonchev–Trinajstić information content (AvgIpc) is 3.14. The van der Waals surface area contributed by atoms with E-state index in [2.05, 4.69) is 10.6 Å². The lowest BCUT2D eigenvalue weighted by Gasteiger charge is -2.14. The third-order valence-corrected chi connectivity index (χ3v) is 4.10. The van der Waals surface area contributed by atoms with Gasteiger partial charge in [-0.05, 0) is 61.9 Å². The number of aryl methyl sites for hydroxylation is 1. The Morgan fingerprint density at radius 2 is 2.15 bits per heavy atom. The molecule has 1 unspecified atom stereocenters. The highest BCUT2D eigenvalue weighted by molar-refractivity contribution is 5.76. The molecule has 3 nitrogen and oxygen atoms in total. The summed E-state index contributed by atoms with van der Waals surface area (Å²) in [5, 5.41) is 6.47. The minimum Gasteiger partial charge on any atom is -0.353 e. The number of benzene rings is 1. The summed E-state index contributed by atoms with van der Waals surface area (Å²) in [6.07, 6.45) is 5.68. The molecule has 3 rings (SSSR count). The first-order valence-corrected chi connectivity index (χ1v) is 7.53. The molecule has 20 heavy (non-hydrogen) atoms. The van der Waals surface area contributed by atoms with Crippen LogP contribution in [0.3, 0.4) is 0 Å². The molecule has 1 aromatic carbocycles. The van der Waals surface area contributed by atoms with Crippen LogP contribution in [-0.4, -0.2) is 18.5 Å². The molecule has 1 fully saturated rings. The Hall–Kier alpha value is -1.42. The van der Waals surface area contributed by atoms with Gasteiger partial charge in [0, 0.05) is 18.5 Å². The maximum absolute atomic E-state index is 13.1. The van der Waals surface area contributed by atoms with Crippen LogP contribution in [0.4, 0.5) is 4.39 Å². The zero-order valence-electron chi connectivity index (χ0n) is 11.6. The molecule has 0 aromatic heterocycles. The Morgan fingerprint density at radius 1 is 1.30 bits per heavy atom. The highest BCUT2D eigenvalue weighted by atomic mass is 19.1. The molecule has 108 valence electrons. The molecular weight excluding hydrogens is 255 g/mol. The van der Waals surface area contributed by atoms with Crippen LogP contribution in [0.5, 0.6) is 0 Å². The number of fused-ring (bicyclic) bond motifs is 1. The van der Waals surface area contributed by atoms with Crippen LogP contribution in [0.1, 0.15) is 49.3 Å². The maximum Gasteiger partial charge on any atom is 0.220 e. The van der Waals surface area contributed by atoms with Crippen molar-refractivity contribution in [2.75, 3.05) is 6.54 Å². The summed E-state index contributed by atoms with van der Waals surface area (Å²) in [4.78, 5) is 11.5. The summed E-state index contributed by atoms with van der Waals surface area (Å²) in [6.45, 7) is 0.833. The Bertz CT molecular complexity index is 499. The molecule has 1 amide bonds. The lowest BCUT2D eigenvalue weighted by atomic mass is 10.1. The molecule has 0 spiro atoms. The van der Waals surface area contributed by atoms with Crippen LogP contribution >= 0.6 is 0 Å². The summed E-state index contributed by atoms with van der Waals surface area (Å²) < 4.78 is 13.1. The van der Waals surface area contributed by atoms with E-state index in [1.54, 1.807) is 6.07 Å². The van der Waals surface area contributed by atoms with Crippen LogP contribution in [0.25, 0.3) is 0 Å². The number of nitrogens with one attached hydrogen (secondary N) is 2. The van der Waals surface area contributed by atoms with Crippen molar-refractivity contribution in [3.8, 4) is 0 Å². The fraction of sp³-hybridized carbons (Fsp3) is 0.562. The number of carbonyl (C=O) groups excluding carboxylic acids is 1. The number of halogens is 1. The predicted octanol–water partition coefficient (Wildman–Crippen LogP) is 2.46. The smallest absolute Gasteiger partial charge is 0.220 e. The van der Waals surface area contributed by atoms with Gasteiger partial charge in [-0.2, -0.15) is 0 Å². The van der Waals surface area contributed by atoms with Gasteiger partial charge in [-0.25, -0.2) is 4.39 Å². The van der Waals surface area contributed by atoms with Crippen LogP contribution in [0, 0.1) is 5.82 Å². The molecule has 0 radical (unpaired) electrons. The topological polar surface area (TPSA) is 41.1 Å². The lowest BCUT2D eigenvalue weighted by Crippen LogP contribution is -2.27. The first-order valence-electron chi connectivity index (χ1n) is 7.53. The van der Waals surface area contributed by atoms with E-state index in [0.717, 1.165) is 44.2 Å². The normalized spacial score (nSPS) is 20.8. The first-order chi connectivity index (χ1) is 9.72. The molecular formula is C16H21FN2O. The Kier molecular flexibility index (Phi) is 4.01. The minimum atomic E-state index is -0.152. The summed E-state index contributed by atoms with van der Waals surface area (Å²) in [5.74, 6) is 0.0179. The number of amides is 1. The summed E-state index contributed by atoms with van der Waals surface area (Å²) in [6, 6.07) is 5.82. The fourth-order valence-corrected chi connectivity index (χ4v) is 2.85. The fourth-order valence-electron chi connectivity index (χ4n) is 2.85. The second-order valence-electron chi connectivity index (χ2n) is 5.83. The highest BCUT2D eigenvalue weighted by Crippen LogP contribution is 2.31. The monoisotopic (exact) mass is 276 g/mol. The summed E-state index contributed by atoms with van der Waals surface area (Å²) in [5.41, 5.74) is 2.34. The third kappa shape index (κ3) is 3.37. The van der Waals surface area contributed by atoms with Gasteiger partial charge in [-0.1, -0.05) is 6.07 Å². The minimum absolute atomic E-state index is 0.152. The van der Waals surface area contributed by atoms with E-state index in [1.165, 1.54) is 11.6 Å². The van der Waals surface area contributed by atoms with E-state index >= 15 is 0 Å². The molecule has 0 heterocycles. The third-order valence-electron chi connectivity index (χ3n) is 4.10. The van der Waals surface area contributed by atoms with Crippen molar-refractivity contribution in [1.29, 1.82) is 0 Å². The largest absolute Gasteiger partial charge is 0.353 e. The van der Waals surface area contributed by atoms with Crippen molar-refractivity contribution >= 4 is 5.91 Å². The van der Waals surface area contributed by atoms with E-state index in [9.17, 15) is 9.18 Å². The van der Waals surface area contributed by atoms with Gasteiger partial charge in [-0.3, -0.25) is 4.79 Å². The van der Waals surface area contributed by atoms with E-state index in [1.807, 2.05) is 6.07 Å². The Morgan fingerprint density at radius 3 is 2.95 bits per heavy atom. The Balaban J connectivity index is 1.40. The number of hydrogen-bond donors (Lipinski definition) is 2. The second kappa shape index (κ2) is 5.92. The molecule has 2 aliphatic rings. The number of carbonyl (C=O) groups is 1. The standard InChI is InChI=1S/C16H21FN2O/c17-12-4-7-14-11(10-12)3-8-15(14)18-9-1-2-16(20)19-13-5-6-13/h4,7,10,13,15,18H,1-3,5-6,8-9H2,(H,19,20). The average molecular weight is 276 g/mol. The van der Waals surface area contributed by atoms with Crippen molar-refractivity contribution in [1.82, 2.24) is 10.6 Å². The van der Waals surface area contributed by atoms with E-state index in [0.29, 0.717) is 18.5 Å². The SMILES string of the molecule is O=C(CCCNC1CCc2cc(F)ccc21)NC1CC1. The maximum atomic E-state index is 13.1. The van der Waals surface area contributed by atoms with Gasteiger partial charge in [0.1, 0.15) is 5.82 Å². The first kappa shape index (κ1) is 13.6. The number of hydrogen-bond acceptors (Lipinski definition) is 2. The summed E-state index contributed by atoms with van der Waals surface area (Å²) in [7, 11) is 0. The van der Waals surface area contributed by atoms with Gasteiger partial charge in [0.25, 0.3) is 0 Å². The van der Waals surface area contributed by atoms with E-state index in [-0.39, 0.29) is 11.7 Å². The van der Waals surface area contributed by atoms with Crippen molar-refractivity contribution in [3.05, 3.63) is 35.1 Å². The molecule has 0 bridgehead atoms. The zero-order chi connectivity index (χ0) is 13.9. The predicted molar refractivity (Wildman–Crippen MR) is 75.9 cm³/mol. The lowest BCUT2D eigenvalue weighted by molar-refractivity contribution is -0.121. The van der Waals surface area contributed by atoms with Crippen molar-refractivity contribution in [2.45, 2.75) is 50.6 Å². The van der Waals surface area contributed by atoms with Crippen LogP contribution < -0.4 is 10.6 Å². The molecule has 1 saturated carbocycles. The van der Waals surface area contributed by atoms with Gasteiger partial charge in [-0.15, -0.1) is 0 Å². The van der Waals surface area contributed by atoms with Gasteiger partial charge < -0.3 is 10.6 Å². The molecule has 4 heteroatoms. The molecule has 0 aliphatic heterocycles. The van der Waals surface area contributed by atoms with Crippen LogP contribution in [-0.2, 0) is 11.2 Å². The quantitative estimate of drug-likeness (QED) is 0.784. The summed E-state index contributed by atoms with van der Waals surface area (Å²) >= 11 is 0. The van der Waals surface area contributed by atoms with Gasteiger partial charge in [0.15, 0.2) is 0 Å². The molecule has 2 N–H and O–H groups in total. The molecule has 2 aliphatic carbocycles. The highest BCUT2D eigenvalue weighted by Gasteiger charge is 2.23. The molecule has 1 atom stereocenters. The number of rotatable bonds is 6. The zero-order valence-corrected chi connectivity index (χ0v) is 11.6. The van der Waals surface area contributed by atoms with E-state index in [4.69, 9.17) is 0 Å². The van der Waals surface area contributed by atoms with Gasteiger partial charge in [0.05, 0.1) is 0 Å². The van der Waals surface area contributed by atoms with Crippen molar-refractivity contribution in [3.63, 3.8) is 0 Å². The van der Waals surface area contributed by atoms with Gasteiger partial charge >= 0.3 is 0 Å². The molecule has 0 saturated heterocycles. The second-order valence-corrected chi connectivity index (χ2v) is 5.83. The van der Waals surface area contributed by atoms with Crippen LogP contribution in [0.2, 0.25) is 0 Å². The van der Waals surface area contributed by atoms with Gasteiger partial charge in [0.2, 0.25) is 5.91 Å². The van der Waals surface area contributed by atoms with Crippen molar-refractivity contribution in [2.24, 2.45) is 0 Å². The van der Waals surface area contributed by atoms with E-state index < -0.39 is 0 Å². The molecule has 1 aromatic rings. The Labute approximate surface area is 118 Å². The van der Waals surface area contributed by atoms with Crippen LogP contribution in [0.15, 0.2) is 18.2 Å². The van der Waals surface area contributed by atoms with Crippen molar-refractivity contribution < 1.29 is 9.18 Å².